The molecule has 4 aromatic rings. The monoisotopic (exact) mass is 487 g/mol. The number of fused-ring (bicyclic) bond motifs is 3. The molecule has 3 aromatic heterocycles. The Morgan fingerprint density at radius 3 is 2.59 bits per heavy atom. The number of halogens is 4. The number of aromatic nitrogens is 5. The fraction of sp³-hybridized carbons (Fsp3) is 0.235. The average Bonchev–Trinajstić information content (AvgIpc) is 3.24. The van der Waals surface area contributed by atoms with Crippen LogP contribution in [0.15, 0.2) is 40.0 Å². The number of benzene rings is 1. The molecule has 29 heavy (non-hydrogen) atoms. The minimum atomic E-state index is -4.66. The van der Waals surface area contributed by atoms with Crippen LogP contribution in [-0.4, -0.2) is 38.3 Å². The van der Waals surface area contributed by atoms with Crippen LogP contribution >= 0.6 is 15.9 Å². The maximum absolute atomic E-state index is 13.5. The SMILES string of the molecule is CCS(=O)(=O)c1cc(Br)ccc1-c1nc2cc(C(F)(F)F)n3ncnc3c2n1C. The van der Waals surface area contributed by atoms with E-state index in [9.17, 15) is 21.6 Å². The van der Waals surface area contributed by atoms with Crippen LogP contribution in [0, 0.1) is 0 Å². The molecule has 0 aliphatic heterocycles. The Hall–Kier alpha value is -2.47. The van der Waals surface area contributed by atoms with Crippen molar-refractivity contribution in [2.75, 3.05) is 5.75 Å². The summed E-state index contributed by atoms with van der Waals surface area (Å²) in [4.78, 5) is 8.33. The van der Waals surface area contributed by atoms with Crippen molar-refractivity contribution in [2.45, 2.75) is 18.0 Å². The highest BCUT2D eigenvalue weighted by Crippen LogP contribution is 2.36. The first-order chi connectivity index (χ1) is 13.5. The van der Waals surface area contributed by atoms with Crippen molar-refractivity contribution in [3.8, 4) is 11.4 Å². The molecule has 0 aliphatic rings. The molecule has 152 valence electrons. The molecular formula is C17H13BrF3N5O2S. The van der Waals surface area contributed by atoms with Gasteiger partial charge in [-0.1, -0.05) is 22.9 Å². The Labute approximate surface area is 171 Å². The molecule has 0 saturated carbocycles. The summed E-state index contributed by atoms with van der Waals surface area (Å²) in [5.41, 5.74) is -0.390. The van der Waals surface area contributed by atoms with E-state index >= 15 is 0 Å². The molecule has 0 radical (unpaired) electrons. The topological polar surface area (TPSA) is 82.2 Å². The Morgan fingerprint density at radius 2 is 1.93 bits per heavy atom. The zero-order valence-corrected chi connectivity index (χ0v) is 17.5. The number of alkyl halides is 3. The van der Waals surface area contributed by atoms with E-state index in [4.69, 9.17) is 0 Å². The fourth-order valence-electron chi connectivity index (χ4n) is 3.19. The van der Waals surface area contributed by atoms with E-state index in [1.807, 2.05) is 0 Å². The number of rotatable bonds is 3. The summed E-state index contributed by atoms with van der Waals surface area (Å²) in [5.74, 6) is 0.0799. The quantitative estimate of drug-likeness (QED) is 0.438. The fourth-order valence-corrected chi connectivity index (χ4v) is 4.82. The van der Waals surface area contributed by atoms with Crippen LogP contribution in [0.1, 0.15) is 12.6 Å². The van der Waals surface area contributed by atoms with Gasteiger partial charge < -0.3 is 4.57 Å². The van der Waals surface area contributed by atoms with Crippen LogP contribution in [0.2, 0.25) is 0 Å². The van der Waals surface area contributed by atoms with Gasteiger partial charge in [0, 0.05) is 17.1 Å². The van der Waals surface area contributed by atoms with Crippen molar-refractivity contribution in [2.24, 2.45) is 7.05 Å². The number of sulfone groups is 1. The lowest BCUT2D eigenvalue weighted by atomic mass is 10.2. The van der Waals surface area contributed by atoms with Crippen molar-refractivity contribution in [3.63, 3.8) is 0 Å². The zero-order chi connectivity index (χ0) is 21.1. The molecule has 3 heterocycles. The second-order valence-corrected chi connectivity index (χ2v) is 9.46. The highest BCUT2D eigenvalue weighted by molar-refractivity contribution is 9.10. The molecule has 0 bridgehead atoms. The molecule has 0 spiro atoms. The molecule has 0 atom stereocenters. The average molecular weight is 488 g/mol. The van der Waals surface area contributed by atoms with E-state index in [0.29, 0.717) is 20.1 Å². The Bertz CT molecular complexity index is 1380. The number of hydrogen-bond acceptors (Lipinski definition) is 5. The molecule has 1 aromatic carbocycles. The second-order valence-electron chi connectivity index (χ2n) is 6.29. The highest BCUT2D eigenvalue weighted by Gasteiger charge is 2.36. The van der Waals surface area contributed by atoms with E-state index in [0.717, 1.165) is 12.4 Å². The predicted octanol–water partition coefficient (Wildman–Crippen LogP) is 3.86. The van der Waals surface area contributed by atoms with Gasteiger partial charge in [-0.15, -0.1) is 0 Å². The lowest BCUT2D eigenvalue weighted by Crippen LogP contribution is -2.12. The van der Waals surface area contributed by atoms with Crippen LogP contribution in [0.4, 0.5) is 13.2 Å². The summed E-state index contributed by atoms with van der Waals surface area (Å²) in [6.45, 7) is 1.52. The molecule has 0 N–H and O–H groups in total. The molecule has 7 nitrogen and oxygen atoms in total. The second kappa shape index (κ2) is 6.52. The van der Waals surface area contributed by atoms with Crippen LogP contribution in [0.25, 0.3) is 28.1 Å². The summed E-state index contributed by atoms with van der Waals surface area (Å²) in [5, 5.41) is 3.68. The van der Waals surface area contributed by atoms with Gasteiger partial charge in [0.05, 0.1) is 16.2 Å². The standard InChI is InChI=1S/C17H13BrF3N5O2S/c1-3-29(27,28)12-6-9(18)4-5-10(12)15-24-11-7-13(17(19,20)21)26-16(22-8-23-26)14(11)25(15)2/h4-8H,3H2,1-2H3. The Balaban J connectivity index is 2.10. The lowest BCUT2D eigenvalue weighted by molar-refractivity contribution is -0.142. The molecule has 0 fully saturated rings. The van der Waals surface area contributed by atoms with Crippen molar-refractivity contribution in [1.29, 1.82) is 0 Å². The van der Waals surface area contributed by atoms with Gasteiger partial charge >= 0.3 is 6.18 Å². The molecule has 0 saturated heterocycles. The first kappa shape index (κ1) is 19.8. The Kier molecular flexibility index (Phi) is 4.46. The summed E-state index contributed by atoms with van der Waals surface area (Å²) >= 11 is 3.26. The zero-order valence-electron chi connectivity index (χ0n) is 15.1. The minimum absolute atomic E-state index is 0.0203. The summed E-state index contributed by atoms with van der Waals surface area (Å²) in [7, 11) is -2.02. The molecule has 0 amide bonds. The van der Waals surface area contributed by atoms with E-state index in [1.165, 1.54) is 17.6 Å². The maximum Gasteiger partial charge on any atom is 0.433 e. The van der Waals surface area contributed by atoms with Gasteiger partial charge in [0.25, 0.3) is 0 Å². The van der Waals surface area contributed by atoms with Crippen molar-refractivity contribution in [3.05, 3.63) is 40.8 Å². The van der Waals surface area contributed by atoms with Gasteiger partial charge in [-0.3, -0.25) is 0 Å². The number of hydrogen-bond donors (Lipinski definition) is 0. The van der Waals surface area contributed by atoms with Crippen molar-refractivity contribution in [1.82, 2.24) is 24.1 Å². The van der Waals surface area contributed by atoms with E-state index < -0.39 is 21.7 Å². The van der Waals surface area contributed by atoms with Gasteiger partial charge in [-0.2, -0.15) is 18.3 Å². The van der Waals surface area contributed by atoms with Gasteiger partial charge in [-0.25, -0.2) is 22.9 Å². The normalized spacial score (nSPS) is 12.9. The highest BCUT2D eigenvalue weighted by atomic mass is 79.9. The van der Waals surface area contributed by atoms with E-state index in [1.54, 1.807) is 19.2 Å². The van der Waals surface area contributed by atoms with E-state index in [-0.39, 0.29) is 27.6 Å². The predicted molar refractivity (Wildman–Crippen MR) is 103 cm³/mol. The number of imidazole rings is 1. The summed E-state index contributed by atoms with van der Waals surface area (Å²) in [6, 6.07) is 5.56. The number of nitrogens with zero attached hydrogens (tertiary/aromatic N) is 5. The Morgan fingerprint density at radius 1 is 1.21 bits per heavy atom. The van der Waals surface area contributed by atoms with Gasteiger partial charge in [0.15, 0.2) is 21.2 Å². The molecule has 0 unspecified atom stereocenters. The first-order valence-electron chi connectivity index (χ1n) is 8.33. The van der Waals surface area contributed by atoms with E-state index in [2.05, 4.69) is 31.0 Å². The summed E-state index contributed by atoms with van der Waals surface area (Å²) in [6.07, 6.45) is -3.63. The van der Waals surface area contributed by atoms with Crippen molar-refractivity contribution < 1.29 is 21.6 Å². The van der Waals surface area contributed by atoms with Crippen LogP contribution < -0.4 is 0 Å². The van der Waals surface area contributed by atoms with Gasteiger partial charge in [0.1, 0.15) is 17.7 Å². The molecule has 12 heteroatoms. The summed E-state index contributed by atoms with van der Waals surface area (Å²) < 4.78 is 68.4. The molecule has 0 aliphatic carbocycles. The first-order valence-corrected chi connectivity index (χ1v) is 10.8. The maximum atomic E-state index is 13.5. The largest absolute Gasteiger partial charge is 0.433 e. The van der Waals surface area contributed by atoms with Gasteiger partial charge in [-0.05, 0) is 24.3 Å². The third-order valence-electron chi connectivity index (χ3n) is 4.57. The smallest absolute Gasteiger partial charge is 0.324 e. The van der Waals surface area contributed by atoms with Crippen LogP contribution in [0.3, 0.4) is 0 Å². The third-order valence-corrected chi connectivity index (χ3v) is 6.83. The molecular weight excluding hydrogens is 475 g/mol. The van der Waals surface area contributed by atoms with Crippen molar-refractivity contribution >= 4 is 42.4 Å². The van der Waals surface area contributed by atoms with Crippen LogP contribution in [-0.2, 0) is 23.1 Å². The lowest BCUT2D eigenvalue weighted by Gasteiger charge is -2.11. The number of pyridine rings is 1. The third kappa shape index (κ3) is 3.10. The minimum Gasteiger partial charge on any atom is -0.324 e. The van der Waals surface area contributed by atoms with Crippen LogP contribution in [0.5, 0.6) is 0 Å². The molecule has 4 rings (SSSR count). The number of aryl methyl sites for hydroxylation is 1. The van der Waals surface area contributed by atoms with Gasteiger partial charge in [0.2, 0.25) is 0 Å².